The summed E-state index contributed by atoms with van der Waals surface area (Å²) >= 11 is 0. The van der Waals surface area contributed by atoms with Crippen molar-refractivity contribution in [3.63, 3.8) is 0 Å². The van der Waals surface area contributed by atoms with Crippen LogP contribution in [0.2, 0.25) is 0 Å². The molecule has 0 aliphatic rings. The van der Waals surface area contributed by atoms with Crippen molar-refractivity contribution in [1.82, 2.24) is 10.6 Å². The first-order valence-electron chi connectivity index (χ1n) is 9.44. The third-order valence-corrected chi connectivity index (χ3v) is 3.93. The summed E-state index contributed by atoms with van der Waals surface area (Å²) in [6.45, 7) is 9.74. The van der Waals surface area contributed by atoms with E-state index in [0.29, 0.717) is 42.9 Å². The highest BCUT2D eigenvalue weighted by molar-refractivity contribution is 5.79. The molecule has 0 spiro atoms. The summed E-state index contributed by atoms with van der Waals surface area (Å²) in [7, 11) is 4.86. The van der Waals surface area contributed by atoms with E-state index in [-0.39, 0.29) is 0 Å². The fourth-order valence-electron chi connectivity index (χ4n) is 2.40. The van der Waals surface area contributed by atoms with Gasteiger partial charge < -0.3 is 29.6 Å². The van der Waals surface area contributed by atoms with E-state index in [1.807, 2.05) is 19.1 Å². The summed E-state index contributed by atoms with van der Waals surface area (Å²) in [4.78, 5) is 4.64. The van der Waals surface area contributed by atoms with E-state index >= 15 is 0 Å². The third-order valence-electron chi connectivity index (χ3n) is 3.93. The van der Waals surface area contributed by atoms with Crippen molar-refractivity contribution in [2.45, 2.75) is 33.7 Å². The van der Waals surface area contributed by atoms with Crippen molar-refractivity contribution in [1.29, 1.82) is 0 Å². The number of aliphatic imine (C=N–C) groups is 1. The molecule has 0 unspecified atom stereocenters. The maximum Gasteiger partial charge on any atom is 0.191 e. The lowest BCUT2D eigenvalue weighted by molar-refractivity contribution is 0.128. The summed E-state index contributed by atoms with van der Waals surface area (Å²) < 4.78 is 21.9. The number of hydrogen-bond donors (Lipinski definition) is 2. The molecule has 0 aliphatic heterocycles. The summed E-state index contributed by atoms with van der Waals surface area (Å²) in [5, 5.41) is 6.52. The fraction of sp³-hybridized carbons (Fsp3) is 0.650. The summed E-state index contributed by atoms with van der Waals surface area (Å²) in [6, 6.07) is 3.66. The van der Waals surface area contributed by atoms with Crippen molar-refractivity contribution in [2.75, 3.05) is 47.6 Å². The second kappa shape index (κ2) is 13.1. The van der Waals surface area contributed by atoms with Crippen LogP contribution in [0.3, 0.4) is 0 Å². The van der Waals surface area contributed by atoms with Crippen molar-refractivity contribution >= 4 is 5.96 Å². The molecule has 7 heteroatoms. The highest BCUT2D eigenvalue weighted by Gasteiger charge is 2.13. The van der Waals surface area contributed by atoms with Crippen LogP contribution in [-0.2, 0) is 11.3 Å². The lowest BCUT2D eigenvalue weighted by Crippen LogP contribution is -2.39. The normalized spacial score (nSPS) is 11.4. The lowest BCUT2D eigenvalue weighted by Gasteiger charge is -2.15. The minimum Gasteiger partial charge on any atom is -0.496 e. The predicted molar refractivity (Wildman–Crippen MR) is 109 cm³/mol. The number of methoxy groups -OCH3 is 3. The number of rotatable bonds is 12. The first-order chi connectivity index (χ1) is 13.0. The molecule has 0 bridgehead atoms. The van der Waals surface area contributed by atoms with Gasteiger partial charge in [-0.05, 0) is 19.3 Å². The molecule has 27 heavy (non-hydrogen) atoms. The third kappa shape index (κ3) is 8.39. The van der Waals surface area contributed by atoms with Crippen LogP contribution in [0.5, 0.6) is 17.2 Å². The topological polar surface area (TPSA) is 73.3 Å². The van der Waals surface area contributed by atoms with Gasteiger partial charge in [0.25, 0.3) is 0 Å². The average Bonchev–Trinajstić information content (AvgIpc) is 2.67. The molecular weight excluding hydrogens is 346 g/mol. The number of hydrogen-bond acceptors (Lipinski definition) is 5. The molecule has 0 amide bonds. The lowest BCUT2D eigenvalue weighted by atomic mass is 10.1. The molecule has 1 aromatic carbocycles. The molecule has 2 N–H and O–H groups in total. The van der Waals surface area contributed by atoms with Crippen LogP contribution >= 0.6 is 0 Å². The summed E-state index contributed by atoms with van der Waals surface area (Å²) in [5.74, 6) is 3.43. The van der Waals surface area contributed by atoms with E-state index in [2.05, 4.69) is 29.5 Å². The van der Waals surface area contributed by atoms with Crippen LogP contribution in [-0.4, -0.2) is 53.6 Å². The average molecular weight is 382 g/mol. The smallest absolute Gasteiger partial charge is 0.191 e. The SMILES string of the molecule is CCNC(=NCc1c(OC)cc(OC)cc1OC)NCCOCCC(C)C. The molecule has 1 aromatic rings. The fourth-order valence-corrected chi connectivity index (χ4v) is 2.40. The van der Waals surface area contributed by atoms with E-state index in [4.69, 9.17) is 18.9 Å². The van der Waals surface area contributed by atoms with Crippen LogP contribution in [0.15, 0.2) is 17.1 Å². The first-order valence-corrected chi connectivity index (χ1v) is 9.44. The molecule has 0 atom stereocenters. The van der Waals surface area contributed by atoms with Crippen LogP contribution in [0.25, 0.3) is 0 Å². The molecule has 154 valence electrons. The Balaban J connectivity index is 2.71. The number of nitrogens with zero attached hydrogens (tertiary/aromatic N) is 1. The molecule has 0 heterocycles. The number of guanidine groups is 1. The molecule has 1 rings (SSSR count). The predicted octanol–water partition coefficient (Wildman–Crippen LogP) is 2.83. The van der Waals surface area contributed by atoms with Crippen LogP contribution in [0.4, 0.5) is 0 Å². The van der Waals surface area contributed by atoms with Crippen LogP contribution in [0.1, 0.15) is 32.8 Å². The first kappa shape index (κ1) is 22.9. The van der Waals surface area contributed by atoms with Crippen molar-refractivity contribution in [3.05, 3.63) is 17.7 Å². The van der Waals surface area contributed by atoms with Gasteiger partial charge in [-0.3, -0.25) is 0 Å². The molecule has 0 aromatic heterocycles. The minimum atomic E-state index is 0.417. The van der Waals surface area contributed by atoms with E-state index < -0.39 is 0 Å². The number of benzene rings is 1. The van der Waals surface area contributed by atoms with E-state index in [1.54, 1.807) is 21.3 Å². The maximum atomic E-state index is 5.64. The quantitative estimate of drug-likeness (QED) is 0.329. The molecular formula is C20H35N3O4. The second-order valence-corrected chi connectivity index (χ2v) is 6.43. The highest BCUT2D eigenvalue weighted by Crippen LogP contribution is 2.34. The van der Waals surface area contributed by atoms with Gasteiger partial charge in [-0.25, -0.2) is 4.99 Å². The molecule has 0 saturated carbocycles. The molecule has 0 radical (unpaired) electrons. The Morgan fingerprint density at radius 1 is 1.00 bits per heavy atom. The van der Waals surface area contributed by atoms with Gasteiger partial charge in [0, 0.05) is 31.8 Å². The zero-order valence-corrected chi connectivity index (χ0v) is 17.6. The minimum absolute atomic E-state index is 0.417. The van der Waals surface area contributed by atoms with Crippen molar-refractivity contribution in [2.24, 2.45) is 10.9 Å². The Kier molecular flexibility index (Phi) is 11.1. The number of nitrogens with one attached hydrogen (secondary N) is 2. The van der Waals surface area contributed by atoms with Gasteiger partial charge in [0.05, 0.1) is 40.0 Å². The Morgan fingerprint density at radius 3 is 2.19 bits per heavy atom. The Morgan fingerprint density at radius 2 is 1.67 bits per heavy atom. The maximum absolute atomic E-state index is 5.64. The van der Waals surface area contributed by atoms with Gasteiger partial charge in [0.2, 0.25) is 0 Å². The molecule has 0 fully saturated rings. The van der Waals surface area contributed by atoms with Gasteiger partial charge in [0.15, 0.2) is 5.96 Å². The van der Waals surface area contributed by atoms with Crippen LogP contribution in [0, 0.1) is 5.92 Å². The van der Waals surface area contributed by atoms with Gasteiger partial charge >= 0.3 is 0 Å². The standard InChI is InChI=1S/C20H35N3O4/c1-7-21-20(22-9-11-27-10-8-15(2)3)23-14-17-18(25-5)12-16(24-4)13-19(17)26-6/h12-13,15H,7-11,14H2,1-6H3,(H2,21,22,23). The summed E-state index contributed by atoms with van der Waals surface area (Å²) in [6.07, 6.45) is 1.07. The van der Waals surface area contributed by atoms with Gasteiger partial charge in [-0.2, -0.15) is 0 Å². The second-order valence-electron chi connectivity index (χ2n) is 6.43. The molecule has 0 saturated heterocycles. The highest BCUT2D eigenvalue weighted by atomic mass is 16.5. The molecule has 0 aliphatic carbocycles. The Hall–Kier alpha value is -2.15. The number of ether oxygens (including phenoxy) is 4. The Bertz CT molecular complexity index is 551. The zero-order valence-electron chi connectivity index (χ0n) is 17.6. The van der Waals surface area contributed by atoms with Crippen molar-refractivity contribution < 1.29 is 18.9 Å². The van der Waals surface area contributed by atoms with E-state index in [1.165, 1.54) is 0 Å². The van der Waals surface area contributed by atoms with E-state index in [9.17, 15) is 0 Å². The summed E-state index contributed by atoms with van der Waals surface area (Å²) in [5.41, 5.74) is 0.867. The monoisotopic (exact) mass is 381 g/mol. The largest absolute Gasteiger partial charge is 0.496 e. The van der Waals surface area contributed by atoms with Crippen molar-refractivity contribution in [3.8, 4) is 17.2 Å². The van der Waals surface area contributed by atoms with E-state index in [0.717, 1.165) is 31.1 Å². The van der Waals surface area contributed by atoms with Gasteiger partial charge in [-0.1, -0.05) is 13.8 Å². The van der Waals surface area contributed by atoms with Gasteiger partial charge in [-0.15, -0.1) is 0 Å². The molecule has 7 nitrogen and oxygen atoms in total. The van der Waals surface area contributed by atoms with Gasteiger partial charge in [0.1, 0.15) is 17.2 Å². The Labute approximate surface area is 163 Å². The zero-order chi connectivity index (χ0) is 20.1. The van der Waals surface area contributed by atoms with Crippen LogP contribution < -0.4 is 24.8 Å².